The van der Waals surface area contributed by atoms with Crippen molar-refractivity contribution in [2.75, 3.05) is 77.0 Å². The van der Waals surface area contributed by atoms with Gasteiger partial charge in [-0.15, -0.1) is 0 Å². The van der Waals surface area contributed by atoms with Crippen LogP contribution in [0.3, 0.4) is 0 Å². The van der Waals surface area contributed by atoms with Crippen LogP contribution in [-0.2, 0) is 0 Å². The van der Waals surface area contributed by atoms with Crippen molar-refractivity contribution in [3.8, 4) is 0 Å². The first-order valence-electron chi connectivity index (χ1n) is 7.10. The molecule has 0 bridgehead atoms. The molecular weight excluding hydrogens is 304 g/mol. The molecule has 7 nitrogen and oxygen atoms in total. The van der Waals surface area contributed by atoms with Crippen molar-refractivity contribution in [2.24, 2.45) is 9.26 Å². The van der Waals surface area contributed by atoms with E-state index in [9.17, 15) is 0 Å². The van der Waals surface area contributed by atoms with Crippen molar-refractivity contribution in [1.82, 2.24) is 23.4 Å². The molecule has 0 aliphatic carbocycles. The third-order valence-corrected chi connectivity index (χ3v) is 11.2. The summed E-state index contributed by atoms with van der Waals surface area (Å²) in [5.74, 6) is 0. The van der Waals surface area contributed by atoms with E-state index >= 15 is 0 Å². The zero-order chi connectivity index (χ0) is 17.0. The van der Waals surface area contributed by atoms with E-state index in [1.54, 1.807) is 0 Å². The highest BCUT2D eigenvalue weighted by Gasteiger charge is 2.35. The summed E-state index contributed by atoms with van der Waals surface area (Å²) in [6, 6.07) is 0. The fourth-order valence-corrected chi connectivity index (χ4v) is 10.9. The monoisotopic (exact) mass is 339 g/mol. The Kier molecular flexibility index (Phi) is 8.31. The summed E-state index contributed by atoms with van der Waals surface area (Å²) in [4.78, 5) is 0. The van der Waals surface area contributed by atoms with Crippen LogP contribution < -0.4 is 0 Å². The average Bonchev–Trinajstić information content (AvgIpc) is 2.32. The molecule has 0 saturated carbocycles. The predicted octanol–water partition coefficient (Wildman–Crippen LogP) is 2.71. The molecule has 0 amide bonds. The van der Waals surface area contributed by atoms with Crippen molar-refractivity contribution >= 4 is 15.0 Å². The zero-order valence-electron chi connectivity index (χ0n) is 15.7. The van der Waals surface area contributed by atoms with Crippen molar-refractivity contribution < 1.29 is 0 Å². The summed E-state index contributed by atoms with van der Waals surface area (Å²) in [7, 11) is 16.8. The van der Waals surface area contributed by atoms with Crippen LogP contribution in [0.5, 0.6) is 0 Å². The van der Waals surface area contributed by atoms with E-state index in [4.69, 9.17) is 9.26 Å². The van der Waals surface area contributed by atoms with Crippen molar-refractivity contribution in [3.63, 3.8) is 0 Å². The summed E-state index contributed by atoms with van der Waals surface area (Å²) in [6.45, 7) is 2.85. The van der Waals surface area contributed by atoms with Crippen LogP contribution in [0.4, 0.5) is 0 Å². The van der Waals surface area contributed by atoms with Gasteiger partial charge in [0.1, 0.15) is 0 Å². The Labute approximate surface area is 132 Å². The molecule has 0 aromatic heterocycles. The van der Waals surface area contributed by atoms with Crippen molar-refractivity contribution in [1.29, 1.82) is 0 Å². The van der Waals surface area contributed by atoms with Crippen LogP contribution in [0.25, 0.3) is 0 Å². The molecule has 0 saturated heterocycles. The Balaban J connectivity index is 6.69. The summed E-state index contributed by atoms with van der Waals surface area (Å²) in [6.07, 6.45) is 0. The van der Waals surface area contributed by atoms with Gasteiger partial charge in [0.25, 0.3) is 0 Å². The van der Waals surface area contributed by atoms with Gasteiger partial charge in [-0.1, -0.05) is 0 Å². The standard InChI is InChI=1S/C12H35N7P2/c1-12-13-20(15(2)3,16(4)5)14-21(17(6)7,18(8)9)19(10)11/h12H2,1-11H3. The van der Waals surface area contributed by atoms with Crippen LogP contribution in [0.15, 0.2) is 9.26 Å². The zero-order valence-corrected chi connectivity index (χ0v) is 17.5. The van der Waals surface area contributed by atoms with Gasteiger partial charge in [0.05, 0.1) is 0 Å². The lowest BCUT2D eigenvalue weighted by Gasteiger charge is -2.44. The first kappa shape index (κ1) is 21.3. The van der Waals surface area contributed by atoms with Gasteiger partial charge in [-0.3, -0.25) is 18.8 Å². The Morgan fingerprint density at radius 1 is 0.619 bits per heavy atom. The van der Waals surface area contributed by atoms with E-state index < -0.39 is 15.0 Å². The van der Waals surface area contributed by atoms with Gasteiger partial charge in [-0.25, -0.2) is 9.34 Å². The highest BCUT2D eigenvalue weighted by molar-refractivity contribution is 7.71. The topological polar surface area (TPSA) is 40.9 Å². The van der Waals surface area contributed by atoms with Crippen LogP contribution >= 0.6 is 15.0 Å². The molecular formula is C12H35N7P2. The van der Waals surface area contributed by atoms with E-state index in [-0.39, 0.29) is 0 Å². The minimum Gasteiger partial charge on any atom is -0.255 e. The van der Waals surface area contributed by atoms with Crippen LogP contribution in [0.1, 0.15) is 6.92 Å². The summed E-state index contributed by atoms with van der Waals surface area (Å²) in [5, 5.41) is 0. The maximum Gasteiger partial charge on any atom is 0.212 e. The Morgan fingerprint density at radius 2 is 0.952 bits per heavy atom. The molecule has 128 valence electrons. The van der Waals surface area contributed by atoms with E-state index in [0.29, 0.717) is 0 Å². The normalized spacial score (nSPS) is 13.9. The lowest BCUT2D eigenvalue weighted by atomic mass is 10.8. The van der Waals surface area contributed by atoms with Crippen LogP contribution in [-0.4, -0.2) is 100 Å². The largest absolute Gasteiger partial charge is 0.255 e. The fourth-order valence-electron chi connectivity index (χ4n) is 2.46. The van der Waals surface area contributed by atoms with Gasteiger partial charge in [0, 0.05) is 6.54 Å². The van der Waals surface area contributed by atoms with Gasteiger partial charge < -0.3 is 0 Å². The first-order chi connectivity index (χ1) is 9.48. The SMILES string of the molecule is CCN=P(N=P(N(C)C)(N(C)C)N(C)C)(N(C)C)N(C)C. The minimum absolute atomic E-state index is 0.766. The molecule has 0 N–H and O–H groups in total. The molecule has 0 aliphatic heterocycles. The molecule has 0 rings (SSSR count). The lowest BCUT2D eigenvalue weighted by molar-refractivity contribution is 0.472. The van der Waals surface area contributed by atoms with Crippen molar-refractivity contribution in [3.05, 3.63) is 0 Å². The van der Waals surface area contributed by atoms with Gasteiger partial charge >= 0.3 is 0 Å². The smallest absolute Gasteiger partial charge is 0.212 e. The molecule has 0 heterocycles. The Bertz CT molecular complexity index is 387. The van der Waals surface area contributed by atoms with E-state index in [2.05, 4.69) is 101 Å². The number of hydrogen-bond acceptors (Lipinski definition) is 1. The van der Waals surface area contributed by atoms with Gasteiger partial charge in [0.15, 0.2) is 7.51 Å². The molecule has 0 aromatic rings. The molecule has 21 heavy (non-hydrogen) atoms. The van der Waals surface area contributed by atoms with Gasteiger partial charge in [-0.2, -0.15) is 4.52 Å². The molecule has 0 spiro atoms. The van der Waals surface area contributed by atoms with E-state index in [0.717, 1.165) is 6.54 Å². The summed E-state index contributed by atoms with van der Waals surface area (Å²) in [5.41, 5.74) is 0. The molecule has 0 fully saturated rings. The maximum absolute atomic E-state index is 5.41. The highest BCUT2D eigenvalue weighted by atomic mass is 31.2. The van der Waals surface area contributed by atoms with Crippen LogP contribution in [0, 0.1) is 0 Å². The predicted molar refractivity (Wildman–Crippen MR) is 97.7 cm³/mol. The number of rotatable bonds is 7. The third kappa shape index (κ3) is 4.17. The van der Waals surface area contributed by atoms with Gasteiger partial charge in [-0.05, 0) is 77.4 Å². The maximum atomic E-state index is 5.41. The molecule has 0 radical (unpaired) electrons. The molecule has 9 heteroatoms. The summed E-state index contributed by atoms with van der Waals surface area (Å²) < 4.78 is 21.4. The van der Waals surface area contributed by atoms with Crippen molar-refractivity contribution in [2.45, 2.75) is 6.92 Å². The molecule has 0 aliphatic rings. The minimum atomic E-state index is -2.08. The second-order valence-corrected chi connectivity index (χ2v) is 13.0. The molecule has 0 aromatic carbocycles. The van der Waals surface area contributed by atoms with E-state index in [1.807, 2.05) is 0 Å². The third-order valence-electron chi connectivity index (χ3n) is 3.25. The second kappa shape index (κ2) is 8.21. The average molecular weight is 339 g/mol. The first-order valence-corrected chi connectivity index (χ1v) is 10.3. The Hall–Kier alpha value is 0.260. The number of hydrogen-bond donors (Lipinski definition) is 0. The highest BCUT2D eigenvalue weighted by Crippen LogP contribution is 2.67. The molecule has 0 unspecified atom stereocenters. The quantitative estimate of drug-likeness (QED) is 0.667. The van der Waals surface area contributed by atoms with E-state index in [1.165, 1.54) is 0 Å². The van der Waals surface area contributed by atoms with Gasteiger partial charge in [0.2, 0.25) is 7.51 Å². The summed E-state index contributed by atoms with van der Waals surface area (Å²) >= 11 is 0. The molecule has 0 atom stereocenters. The number of nitrogens with zero attached hydrogens (tertiary/aromatic N) is 7. The lowest BCUT2D eigenvalue weighted by Crippen LogP contribution is -2.32. The van der Waals surface area contributed by atoms with Crippen LogP contribution in [0.2, 0.25) is 0 Å². The Morgan fingerprint density at radius 3 is 1.14 bits per heavy atom. The fraction of sp³-hybridized carbons (Fsp3) is 1.00. The second-order valence-electron chi connectivity index (χ2n) is 5.86.